The van der Waals surface area contributed by atoms with Gasteiger partial charge in [-0.25, -0.2) is 13.6 Å². The van der Waals surface area contributed by atoms with Crippen molar-refractivity contribution in [2.45, 2.75) is 12.6 Å². The first kappa shape index (κ1) is 23.0. The molecule has 1 saturated heterocycles. The van der Waals surface area contributed by atoms with E-state index >= 15 is 0 Å². The Bertz CT molecular complexity index is 1520. The third-order valence-electron chi connectivity index (χ3n) is 5.87. The van der Waals surface area contributed by atoms with E-state index in [2.05, 4.69) is 20.8 Å². The number of H-pyrrole nitrogens is 1. The van der Waals surface area contributed by atoms with E-state index in [1.165, 1.54) is 24.3 Å². The number of aromatic amines is 1. The normalized spacial score (nSPS) is 16.5. The van der Waals surface area contributed by atoms with Crippen LogP contribution in [0.1, 0.15) is 27.7 Å². The SMILES string of the molecule is COc1ccc2c(c1F)C(=O)N(C)C2.O=C1NC(=O)C(c2cc3cc(-c4cn[nH]c4)c(F)cc3o2)N1. The molecule has 0 saturated carbocycles. The highest BCUT2D eigenvalue weighted by Crippen LogP contribution is 2.32. The number of amides is 4. The molecule has 184 valence electrons. The van der Waals surface area contributed by atoms with Gasteiger partial charge in [0.15, 0.2) is 17.6 Å². The molecule has 3 N–H and O–H groups in total. The largest absolute Gasteiger partial charge is 0.494 e. The van der Waals surface area contributed by atoms with Crippen LogP contribution >= 0.6 is 0 Å². The minimum Gasteiger partial charge on any atom is -0.494 e. The summed E-state index contributed by atoms with van der Waals surface area (Å²) in [4.78, 5) is 35.8. The number of aromatic nitrogens is 2. The maximum atomic E-state index is 14.2. The van der Waals surface area contributed by atoms with E-state index in [9.17, 15) is 23.2 Å². The molecular formula is C24H19F2N5O5. The number of nitrogens with one attached hydrogen (secondary N) is 3. The standard InChI is InChI=1S/C14H9FN4O3.C10H10FNO2/c15-9-3-10-6(1-8(9)7-4-16-17-5-7)2-11(22-10)12-13(20)19-14(21)18-12;1-12-5-6-3-4-7(14-2)9(11)8(6)10(12)13/h1-5,12H,(H,16,17)(H2,18,19,20,21);3-4H,5H2,1-2H3. The number of hydrogen-bond donors (Lipinski definition) is 3. The third kappa shape index (κ3) is 3.91. The van der Waals surface area contributed by atoms with Crippen LogP contribution in [0.15, 0.2) is 47.1 Å². The maximum Gasteiger partial charge on any atom is 0.322 e. The van der Waals surface area contributed by atoms with Crippen molar-refractivity contribution in [2.75, 3.05) is 14.2 Å². The molecule has 0 radical (unpaired) electrons. The maximum absolute atomic E-state index is 14.2. The summed E-state index contributed by atoms with van der Waals surface area (Å²) in [7, 11) is 3.03. The number of imide groups is 1. The number of fused-ring (bicyclic) bond motifs is 2. The van der Waals surface area contributed by atoms with Crippen molar-refractivity contribution in [1.82, 2.24) is 25.7 Å². The topological polar surface area (TPSA) is 130 Å². The van der Waals surface area contributed by atoms with Gasteiger partial charge in [-0.1, -0.05) is 6.07 Å². The number of benzene rings is 2. The highest BCUT2D eigenvalue weighted by Gasteiger charge is 2.34. The lowest BCUT2D eigenvalue weighted by Crippen LogP contribution is -2.22. The van der Waals surface area contributed by atoms with Crippen molar-refractivity contribution in [1.29, 1.82) is 0 Å². The van der Waals surface area contributed by atoms with Crippen LogP contribution in [0, 0.1) is 11.6 Å². The second-order valence-corrected chi connectivity index (χ2v) is 8.18. The summed E-state index contributed by atoms with van der Waals surface area (Å²) in [6, 6.07) is 6.24. The molecular weight excluding hydrogens is 476 g/mol. The van der Waals surface area contributed by atoms with Gasteiger partial charge in [0.2, 0.25) is 0 Å². The summed E-state index contributed by atoms with van der Waals surface area (Å²) in [5, 5.41) is 11.6. The molecule has 12 heteroatoms. The van der Waals surface area contributed by atoms with Gasteiger partial charge >= 0.3 is 6.03 Å². The number of methoxy groups -OCH3 is 1. The van der Waals surface area contributed by atoms with Crippen molar-refractivity contribution in [3.05, 3.63) is 71.2 Å². The second-order valence-electron chi connectivity index (χ2n) is 8.18. The Morgan fingerprint density at radius 1 is 1.17 bits per heavy atom. The molecule has 4 heterocycles. The van der Waals surface area contributed by atoms with Crippen molar-refractivity contribution < 1.29 is 32.3 Å². The molecule has 0 bridgehead atoms. The number of nitrogens with zero attached hydrogens (tertiary/aromatic N) is 2. The third-order valence-corrected chi connectivity index (χ3v) is 5.87. The quantitative estimate of drug-likeness (QED) is 0.374. The summed E-state index contributed by atoms with van der Waals surface area (Å²) in [6.45, 7) is 0.467. The summed E-state index contributed by atoms with van der Waals surface area (Å²) >= 11 is 0. The lowest BCUT2D eigenvalue weighted by Gasteiger charge is -2.05. The van der Waals surface area contributed by atoms with Gasteiger partial charge in [0, 0.05) is 42.4 Å². The van der Waals surface area contributed by atoms with E-state index < -0.39 is 29.6 Å². The smallest absolute Gasteiger partial charge is 0.322 e. The van der Waals surface area contributed by atoms with Crippen molar-refractivity contribution in [3.8, 4) is 16.9 Å². The number of furan rings is 1. The minimum absolute atomic E-state index is 0.118. The minimum atomic E-state index is -0.902. The van der Waals surface area contributed by atoms with Gasteiger partial charge in [-0.3, -0.25) is 20.0 Å². The van der Waals surface area contributed by atoms with Crippen LogP contribution in [0.3, 0.4) is 0 Å². The van der Waals surface area contributed by atoms with Crippen LogP contribution in [0.2, 0.25) is 0 Å². The highest BCUT2D eigenvalue weighted by atomic mass is 19.1. The first-order valence-electron chi connectivity index (χ1n) is 10.7. The van der Waals surface area contributed by atoms with Crippen LogP contribution in [-0.2, 0) is 11.3 Å². The Morgan fingerprint density at radius 2 is 1.97 bits per heavy atom. The van der Waals surface area contributed by atoms with Gasteiger partial charge in [-0.2, -0.15) is 5.10 Å². The Hall–Kier alpha value is -4.74. The predicted octanol–water partition coefficient (Wildman–Crippen LogP) is 3.26. The van der Waals surface area contributed by atoms with E-state index in [0.717, 1.165) is 5.56 Å². The molecule has 1 fully saturated rings. The zero-order chi connectivity index (χ0) is 25.6. The molecule has 2 aliphatic heterocycles. The fourth-order valence-electron chi connectivity index (χ4n) is 4.10. The molecule has 36 heavy (non-hydrogen) atoms. The molecule has 6 rings (SSSR count). The molecule has 1 atom stereocenters. The molecule has 4 aromatic rings. The van der Waals surface area contributed by atoms with Crippen LogP contribution in [0.25, 0.3) is 22.1 Å². The summed E-state index contributed by atoms with van der Waals surface area (Å²) in [6.07, 6.45) is 3.09. The summed E-state index contributed by atoms with van der Waals surface area (Å²) < 4.78 is 38.1. The first-order valence-corrected chi connectivity index (χ1v) is 10.7. The number of halogens is 2. The summed E-state index contributed by atoms with van der Waals surface area (Å²) in [5.74, 6) is -1.43. The average Bonchev–Trinajstić information content (AvgIpc) is 3.62. The van der Waals surface area contributed by atoms with Gasteiger partial charge < -0.3 is 19.4 Å². The van der Waals surface area contributed by atoms with E-state index in [-0.39, 0.29) is 23.0 Å². The van der Waals surface area contributed by atoms with Gasteiger partial charge in [-0.15, -0.1) is 0 Å². The van der Waals surface area contributed by atoms with Crippen molar-refractivity contribution in [2.24, 2.45) is 0 Å². The Morgan fingerprint density at radius 3 is 2.64 bits per heavy atom. The zero-order valence-electron chi connectivity index (χ0n) is 19.0. The highest BCUT2D eigenvalue weighted by molar-refractivity contribution is 6.04. The molecule has 4 amide bonds. The van der Waals surface area contributed by atoms with E-state index in [1.54, 1.807) is 37.5 Å². The van der Waals surface area contributed by atoms with E-state index in [1.807, 2.05) is 0 Å². The van der Waals surface area contributed by atoms with Gasteiger partial charge in [0.05, 0.1) is 18.9 Å². The summed E-state index contributed by atoms with van der Waals surface area (Å²) in [5.41, 5.74) is 2.14. The zero-order valence-corrected chi connectivity index (χ0v) is 19.0. The Kier molecular flexibility index (Phi) is 5.63. The van der Waals surface area contributed by atoms with Crippen LogP contribution < -0.4 is 15.4 Å². The number of urea groups is 1. The molecule has 2 aromatic heterocycles. The van der Waals surface area contributed by atoms with E-state index in [4.69, 9.17) is 9.15 Å². The number of rotatable bonds is 3. The average molecular weight is 495 g/mol. The lowest BCUT2D eigenvalue weighted by molar-refractivity contribution is -0.120. The Labute approximate surface area is 202 Å². The molecule has 0 spiro atoms. The fourth-order valence-corrected chi connectivity index (χ4v) is 4.10. The number of hydrogen-bond acceptors (Lipinski definition) is 6. The number of carbonyl (C=O) groups excluding carboxylic acids is 3. The number of ether oxygens (including phenoxy) is 1. The second kappa shape index (κ2) is 8.80. The van der Waals surface area contributed by atoms with Crippen LogP contribution in [0.5, 0.6) is 5.75 Å². The van der Waals surface area contributed by atoms with Crippen LogP contribution in [0.4, 0.5) is 13.6 Å². The van der Waals surface area contributed by atoms with Crippen molar-refractivity contribution in [3.63, 3.8) is 0 Å². The lowest BCUT2D eigenvalue weighted by atomic mass is 10.1. The van der Waals surface area contributed by atoms with Crippen molar-refractivity contribution >= 4 is 28.8 Å². The van der Waals surface area contributed by atoms with Gasteiger partial charge in [-0.05, 0) is 23.8 Å². The van der Waals surface area contributed by atoms with E-state index in [0.29, 0.717) is 28.6 Å². The fraction of sp³-hybridized carbons (Fsp3) is 0.167. The Balaban J connectivity index is 0.000000165. The number of carbonyl (C=O) groups is 3. The predicted molar refractivity (Wildman–Crippen MR) is 122 cm³/mol. The molecule has 0 aliphatic carbocycles. The van der Waals surface area contributed by atoms with Crippen LogP contribution in [-0.4, -0.2) is 47.1 Å². The first-order chi connectivity index (χ1) is 17.3. The monoisotopic (exact) mass is 495 g/mol. The molecule has 2 aromatic carbocycles. The molecule has 1 unspecified atom stereocenters. The molecule has 2 aliphatic rings. The molecule has 10 nitrogen and oxygen atoms in total. The van der Waals surface area contributed by atoms with Gasteiger partial charge in [0.25, 0.3) is 11.8 Å². The van der Waals surface area contributed by atoms with Gasteiger partial charge in [0.1, 0.15) is 17.2 Å².